The van der Waals surface area contributed by atoms with Gasteiger partial charge in [-0.1, -0.05) is 50.5 Å². The van der Waals surface area contributed by atoms with E-state index in [1.54, 1.807) is 5.56 Å². The highest BCUT2D eigenvalue weighted by molar-refractivity contribution is 5.29. The number of hydrogen-bond acceptors (Lipinski definition) is 1. The van der Waals surface area contributed by atoms with Crippen LogP contribution in [0.3, 0.4) is 0 Å². The zero-order valence-electron chi connectivity index (χ0n) is 13.1. The fraction of sp³-hybridized carbons (Fsp3) is 0.684. The Hall–Kier alpha value is -0.820. The van der Waals surface area contributed by atoms with Gasteiger partial charge in [0, 0.05) is 6.04 Å². The average Bonchev–Trinajstić information content (AvgIpc) is 2.88. The van der Waals surface area contributed by atoms with E-state index in [0.29, 0.717) is 6.04 Å². The molecule has 2 saturated carbocycles. The van der Waals surface area contributed by atoms with Crippen LogP contribution in [-0.2, 0) is 0 Å². The van der Waals surface area contributed by atoms with E-state index in [1.807, 2.05) is 0 Å². The Balaban J connectivity index is 1.69. The molecule has 3 rings (SSSR count). The van der Waals surface area contributed by atoms with Gasteiger partial charge < -0.3 is 5.32 Å². The summed E-state index contributed by atoms with van der Waals surface area (Å²) in [4.78, 5) is 0. The van der Waals surface area contributed by atoms with Crippen LogP contribution < -0.4 is 5.32 Å². The Bertz CT molecular complexity index is 418. The molecular formula is C19H29N. The molecule has 1 N–H and O–H groups in total. The van der Waals surface area contributed by atoms with Crippen molar-refractivity contribution in [2.75, 3.05) is 7.05 Å². The molecule has 1 heteroatoms. The second-order valence-corrected chi connectivity index (χ2v) is 6.91. The van der Waals surface area contributed by atoms with Crippen LogP contribution in [0.1, 0.15) is 75.0 Å². The van der Waals surface area contributed by atoms with Crippen LogP contribution in [0.25, 0.3) is 0 Å². The van der Waals surface area contributed by atoms with Crippen molar-refractivity contribution in [1.29, 1.82) is 0 Å². The highest BCUT2D eigenvalue weighted by Crippen LogP contribution is 2.41. The van der Waals surface area contributed by atoms with Crippen LogP contribution in [0.5, 0.6) is 0 Å². The first-order valence-electron chi connectivity index (χ1n) is 8.59. The van der Waals surface area contributed by atoms with E-state index < -0.39 is 0 Å². The molecule has 3 unspecified atom stereocenters. The minimum Gasteiger partial charge on any atom is -0.313 e. The smallest absolute Gasteiger partial charge is 0.0346 e. The molecule has 20 heavy (non-hydrogen) atoms. The summed E-state index contributed by atoms with van der Waals surface area (Å²) < 4.78 is 0. The van der Waals surface area contributed by atoms with Crippen molar-refractivity contribution in [3.63, 3.8) is 0 Å². The number of nitrogens with one attached hydrogen (secondary N) is 1. The molecule has 2 fully saturated rings. The Morgan fingerprint density at radius 2 is 1.85 bits per heavy atom. The van der Waals surface area contributed by atoms with Crippen molar-refractivity contribution < 1.29 is 0 Å². The van der Waals surface area contributed by atoms with E-state index in [1.165, 1.54) is 50.5 Å². The molecule has 2 aliphatic rings. The molecule has 0 spiro atoms. The summed E-state index contributed by atoms with van der Waals surface area (Å²) >= 11 is 0. The van der Waals surface area contributed by atoms with Gasteiger partial charge in [0.25, 0.3) is 0 Å². The summed E-state index contributed by atoms with van der Waals surface area (Å²) in [7, 11) is 2.13. The van der Waals surface area contributed by atoms with E-state index in [2.05, 4.69) is 43.6 Å². The molecule has 0 aromatic heterocycles. The van der Waals surface area contributed by atoms with Gasteiger partial charge in [-0.3, -0.25) is 0 Å². The quantitative estimate of drug-likeness (QED) is 0.791. The lowest BCUT2D eigenvalue weighted by molar-refractivity contribution is 0.372. The molecule has 0 saturated heterocycles. The number of hydrogen-bond donors (Lipinski definition) is 1. The van der Waals surface area contributed by atoms with Crippen LogP contribution in [0.4, 0.5) is 0 Å². The van der Waals surface area contributed by atoms with Gasteiger partial charge in [0.15, 0.2) is 0 Å². The fourth-order valence-electron chi connectivity index (χ4n) is 4.18. The van der Waals surface area contributed by atoms with E-state index >= 15 is 0 Å². The van der Waals surface area contributed by atoms with Crippen molar-refractivity contribution in [3.05, 3.63) is 35.4 Å². The maximum Gasteiger partial charge on any atom is 0.0346 e. The molecule has 0 heterocycles. The Morgan fingerprint density at radius 3 is 2.35 bits per heavy atom. The van der Waals surface area contributed by atoms with Gasteiger partial charge in [0.05, 0.1) is 0 Å². The SMILES string of the molecule is CCC1CCC(C(NC)c2ccc(C3CCC3)cc2)C1. The second kappa shape index (κ2) is 6.30. The standard InChI is InChI=1S/C19H29N/c1-3-14-7-8-18(13-14)19(20-2)17-11-9-16(10-12-17)15-5-4-6-15/h9-12,14-15,18-20H,3-8,13H2,1-2H3. The molecule has 3 atom stereocenters. The van der Waals surface area contributed by atoms with Crippen LogP contribution >= 0.6 is 0 Å². The van der Waals surface area contributed by atoms with Crippen molar-refractivity contribution in [1.82, 2.24) is 5.32 Å². The third-order valence-corrected chi connectivity index (χ3v) is 5.81. The van der Waals surface area contributed by atoms with Gasteiger partial charge in [0.1, 0.15) is 0 Å². The third-order valence-electron chi connectivity index (χ3n) is 5.81. The van der Waals surface area contributed by atoms with Gasteiger partial charge in [-0.15, -0.1) is 0 Å². The monoisotopic (exact) mass is 271 g/mol. The first-order chi connectivity index (χ1) is 9.81. The van der Waals surface area contributed by atoms with Gasteiger partial charge >= 0.3 is 0 Å². The summed E-state index contributed by atoms with van der Waals surface area (Å²) in [5.74, 6) is 2.65. The lowest BCUT2D eigenvalue weighted by atomic mass is 9.79. The molecule has 1 nitrogen and oxygen atoms in total. The van der Waals surface area contributed by atoms with Crippen LogP contribution in [0.15, 0.2) is 24.3 Å². The van der Waals surface area contributed by atoms with Gasteiger partial charge in [-0.05, 0) is 61.6 Å². The van der Waals surface area contributed by atoms with Crippen molar-refractivity contribution >= 4 is 0 Å². The first-order valence-corrected chi connectivity index (χ1v) is 8.59. The zero-order valence-corrected chi connectivity index (χ0v) is 13.1. The predicted octanol–water partition coefficient (Wildman–Crippen LogP) is 5.04. The number of benzene rings is 1. The van der Waals surface area contributed by atoms with E-state index in [0.717, 1.165) is 17.8 Å². The molecule has 0 aliphatic heterocycles. The highest BCUT2D eigenvalue weighted by atomic mass is 14.9. The summed E-state index contributed by atoms with van der Waals surface area (Å²) in [6.45, 7) is 2.34. The minimum absolute atomic E-state index is 0.557. The third kappa shape index (κ3) is 2.79. The molecule has 1 aromatic carbocycles. The second-order valence-electron chi connectivity index (χ2n) is 6.91. The average molecular weight is 271 g/mol. The topological polar surface area (TPSA) is 12.0 Å². The molecule has 1 aromatic rings. The fourth-order valence-corrected chi connectivity index (χ4v) is 4.18. The maximum atomic E-state index is 3.58. The highest BCUT2D eigenvalue weighted by Gasteiger charge is 2.30. The Morgan fingerprint density at radius 1 is 1.10 bits per heavy atom. The summed E-state index contributed by atoms with van der Waals surface area (Å²) in [6.07, 6.45) is 9.81. The predicted molar refractivity (Wildman–Crippen MR) is 86.0 cm³/mol. The summed E-state index contributed by atoms with van der Waals surface area (Å²) in [6, 6.07) is 10.1. The largest absolute Gasteiger partial charge is 0.313 e. The lowest BCUT2D eigenvalue weighted by Gasteiger charge is -2.27. The molecule has 110 valence electrons. The number of rotatable bonds is 5. The van der Waals surface area contributed by atoms with E-state index in [4.69, 9.17) is 0 Å². The maximum absolute atomic E-state index is 3.58. The summed E-state index contributed by atoms with van der Waals surface area (Å²) in [5, 5.41) is 3.58. The molecule has 0 amide bonds. The van der Waals surface area contributed by atoms with Crippen molar-refractivity contribution in [3.8, 4) is 0 Å². The molecule has 0 bridgehead atoms. The van der Waals surface area contributed by atoms with Crippen LogP contribution in [0.2, 0.25) is 0 Å². The molecular weight excluding hydrogens is 242 g/mol. The molecule has 2 aliphatic carbocycles. The van der Waals surface area contributed by atoms with E-state index in [-0.39, 0.29) is 0 Å². The Kier molecular flexibility index (Phi) is 4.45. The van der Waals surface area contributed by atoms with Crippen molar-refractivity contribution in [2.45, 2.75) is 63.8 Å². The van der Waals surface area contributed by atoms with Gasteiger partial charge in [-0.2, -0.15) is 0 Å². The first kappa shape index (κ1) is 14.1. The molecule has 0 radical (unpaired) electrons. The van der Waals surface area contributed by atoms with Crippen LogP contribution in [-0.4, -0.2) is 7.05 Å². The minimum atomic E-state index is 0.557. The van der Waals surface area contributed by atoms with Crippen LogP contribution in [0, 0.1) is 11.8 Å². The Labute approximate surface area is 124 Å². The van der Waals surface area contributed by atoms with E-state index in [9.17, 15) is 0 Å². The normalized spacial score (nSPS) is 28.3. The van der Waals surface area contributed by atoms with Gasteiger partial charge in [0.2, 0.25) is 0 Å². The summed E-state index contributed by atoms with van der Waals surface area (Å²) in [5.41, 5.74) is 3.06. The zero-order chi connectivity index (χ0) is 13.9. The lowest BCUT2D eigenvalue weighted by Crippen LogP contribution is -2.24. The van der Waals surface area contributed by atoms with Crippen molar-refractivity contribution in [2.24, 2.45) is 11.8 Å². The van der Waals surface area contributed by atoms with Gasteiger partial charge in [-0.25, -0.2) is 0 Å².